The number of cyclic esters (lactones) is 1. The fourth-order valence-corrected chi connectivity index (χ4v) is 12.1. The molecule has 0 radical (unpaired) electrons. The van der Waals surface area contributed by atoms with Gasteiger partial charge < -0.3 is 84.3 Å². The largest absolute Gasteiger partial charge is 0.458 e. The SMILES string of the molecule is C/C=C1\NC(=O)[C@H](Cc2ccccc2)NC(=O)C(C(C)C)NC(=O)C(C(C)CC)NC(=O)[C@H](NC(=O)C(NC(=O)[C@H](CCCN)NC(=O)C2CCCN2C(=O)C(NC(=O)[C@@H](NC(=O)[C@@H](NC(=O)C(NC(=O)CCCC(C)C)C(C)C)C(C)O)C(C)C)C(C)C)C(C)CC)C(C)OC(=O)[C@H](C(C)C)NC1=O. The van der Waals surface area contributed by atoms with E-state index in [4.69, 9.17) is 10.5 Å². The van der Waals surface area contributed by atoms with Crippen LogP contribution in [0.15, 0.2) is 42.1 Å². The number of nitrogens with one attached hydrogen (secondary N) is 12. The second-order valence-corrected chi connectivity index (χ2v) is 30.2. The summed E-state index contributed by atoms with van der Waals surface area (Å²) >= 11 is 0. The summed E-state index contributed by atoms with van der Waals surface area (Å²) in [5.74, 6) is -15.1. The van der Waals surface area contributed by atoms with E-state index in [0.717, 1.165) is 6.42 Å². The zero-order valence-corrected chi connectivity index (χ0v) is 65.2. The van der Waals surface area contributed by atoms with E-state index < -0.39 is 203 Å². The molecule has 1 aromatic carbocycles. The Hall–Kier alpha value is -8.54. The Balaban J connectivity index is 2.00. The Kier molecular flexibility index (Phi) is 37.8. The molecule has 30 heteroatoms. The van der Waals surface area contributed by atoms with Crippen LogP contribution >= 0.6 is 0 Å². The van der Waals surface area contributed by atoms with E-state index in [1.165, 1.54) is 31.7 Å². The van der Waals surface area contributed by atoms with Gasteiger partial charge in [-0.05, 0) is 112 Å². The van der Waals surface area contributed by atoms with Gasteiger partial charge in [-0.25, -0.2) is 4.79 Å². The molecule has 0 saturated carbocycles. The predicted octanol–water partition coefficient (Wildman–Crippen LogP) is 1.84. The number of likely N-dealkylation sites (tertiary alicyclic amines) is 1. The van der Waals surface area contributed by atoms with Crippen molar-refractivity contribution in [3.8, 4) is 0 Å². The first-order valence-corrected chi connectivity index (χ1v) is 37.5. The second-order valence-electron chi connectivity index (χ2n) is 30.2. The number of amides is 13. The Morgan fingerprint density at radius 2 is 1.15 bits per heavy atom. The fourth-order valence-electron chi connectivity index (χ4n) is 12.1. The number of aliphatic hydroxyl groups is 1. The van der Waals surface area contributed by atoms with Crippen LogP contribution in [0, 0.1) is 47.3 Å². The molecular weight excluding hydrogens is 1350 g/mol. The van der Waals surface area contributed by atoms with Crippen LogP contribution in [0.25, 0.3) is 0 Å². The first-order valence-electron chi connectivity index (χ1n) is 37.5. The third-order valence-corrected chi connectivity index (χ3v) is 19.3. The highest BCUT2D eigenvalue weighted by atomic mass is 16.5. The molecule has 13 amide bonds. The van der Waals surface area contributed by atoms with E-state index in [2.05, 4.69) is 63.8 Å². The van der Waals surface area contributed by atoms with Gasteiger partial charge in [0.1, 0.15) is 84.3 Å². The van der Waals surface area contributed by atoms with Crippen LogP contribution in [0.3, 0.4) is 0 Å². The summed E-state index contributed by atoms with van der Waals surface area (Å²) in [6.45, 7) is 31.8. The van der Waals surface area contributed by atoms with Gasteiger partial charge in [-0.1, -0.05) is 166 Å². The highest BCUT2D eigenvalue weighted by molar-refractivity contribution is 6.03. The molecule has 0 aliphatic carbocycles. The summed E-state index contributed by atoms with van der Waals surface area (Å²) in [5.41, 5.74) is 6.34. The van der Waals surface area contributed by atoms with E-state index in [0.29, 0.717) is 30.7 Å². The minimum atomic E-state index is -1.83. The standard InChI is InChI=1S/C75H124N14O16/c1-20-44(16)59(71(100)88-62-47(19)105-75(104)58(43(14)15)84-63(92)49(22-3)77-65(94)51(37-48-30-24-23-25-31-48)79-67(96)55(40(8)9)81-70(99)60(45(17)21-2)86-73(62)102)85-64(93)50(32-27-35-76)78-66(95)52-33-28-36-89(52)74(103)57(42(12)13)83-69(98)56(41(10)11)82-72(101)61(46(18)90)87-68(97)54(39(6)7)80-53(91)34-26-29-38(4)5/h22-25,30-31,38-47,50-52,54-62,90H,20-21,26-29,32-37,76H2,1-19H3,(H,77,94)(H,78,95)(H,79,96)(H,80,91)(H,81,99)(H,82,101)(H,83,98)(H,84,92)(H,85,93)(H,86,102)(H,87,97)(H,88,100)/b49-22-/t44?,45?,46?,47?,50-,51-,52?,54?,55?,56-,57?,58-,59?,60?,61-,62+/m0/s1. The molecule has 0 spiro atoms. The van der Waals surface area contributed by atoms with Gasteiger partial charge >= 0.3 is 5.97 Å². The zero-order chi connectivity index (χ0) is 79.4. The van der Waals surface area contributed by atoms with Crippen molar-refractivity contribution in [1.29, 1.82) is 0 Å². The third kappa shape index (κ3) is 27.7. The number of carbonyl (C=O) groups excluding carboxylic acids is 14. The van der Waals surface area contributed by atoms with Crippen LogP contribution in [0.4, 0.5) is 0 Å². The van der Waals surface area contributed by atoms with E-state index in [1.54, 1.807) is 127 Å². The number of hydrogen-bond donors (Lipinski definition) is 14. The van der Waals surface area contributed by atoms with Crippen molar-refractivity contribution in [3.63, 3.8) is 0 Å². The lowest BCUT2D eigenvalue weighted by Gasteiger charge is -2.33. The van der Waals surface area contributed by atoms with Crippen molar-refractivity contribution in [1.82, 2.24) is 68.7 Å². The van der Waals surface area contributed by atoms with Crippen LogP contribution in [0.5, 0.6) is 0 Å². The van der Waals surface area contributed by atoms with Crippen LogP contribution in [0.2, 0.25) is 0 Å². The quantitative estimate of drug-likeness (QED) is 0.0353. The van der Waals surface area contributed by atoms with Gasteiger partial charge in [-0.2, -0.15) is 0 Å². The average Bonchev–Trinajstić information content (AvgIpc) is 1.79. The number of nitrogens with zero attached hydrogens (tertiary/aromatic N) is 1. The molecule has 2 heterocycles. The Morgan fingerprint density at radius 1 is 0.610 bits per heavy atom. The number of esters is 1. The molecule has 2 fully saturated rings. The van der Waals surface area contributed by atoms with Crippen molar-refractivity contribution >= 4 is 82.8 Å². The molecule has 10 unspecified atom stereocenters. The molecule has 2 saturated heterocycles. The molecule has 105 heavy (non-hydrogen) atoms. The molecule has 0 aromatic heterocycles. The summed E-state index contributed by atoms with van der Waals surface area (Å²) in [7, 11) is 0. The lowest BCUT2D eigenvalue weighted by molar-refractivity contribution is -0.157. The number of allylic oxidation sites excluding steroid dienone is 1. The smallest absolute Gasteiger partial charge is 0.329 e. The van der Waals surface area contributed by atoms with Crippen LogP contribution in [-0.2, 0) is 78.3 Å². The number of hydrogen-bond acceptors (Lipinski definition) is 17. The summed E-state index contributed by atoms with van der Waals surface area (Å²) in [4.78, 5) is 202. The predicted molar refractivity (Wildman–Crippen MR) is 395 cm³/mol. The number of carbonyl (C=O) groups is 14. The Morgan fingerprint density at radius 3 is 1.69 bits per heavy atom. The highest BCUT2D eigenvalue weighted by Crippen LogP contribution is 2.23. The summed E-state index contributed by atoms with van der Waals surface area (Å²) in [6, 6.07) is -7.67. The van der Waals surface area contributed by atoms with Crippen LogP contribution < -0.4 is 69.5 Å². The van der Waals surface area contributed by atoms with Crippen molar-refractivity contribution in [2.24, 2.45) is 53.1 Å². The van der Waals surface area contributed by atoms with Crippen molar-refractivity contribution < 1.29 is 77.0 Å². The molecule has 16 atom stereocenters. The summed E-state index contributed by atoms with van der Waals surface area (Å²) in [5, 5.41) is 43.2. The van der Waals surface area contributed by atoms with Crippen LogP contribution in [-0.4, -0.2) is 191 Å². The minimum absolute atomic E-state index is 0.0355. The molecule has 2 aliphatic rings. The maximum Gasteiger partial charge on any atom is 0.329 e. The Labute approximate surface area is 620 Å². The normalized spacial score (nSPS) is 22.6. The molecule has 0 bridgehead atoms. The van der Waals surface area contributed by atoms with Gasteiger partial charge in [0.05, 0.1) is 6.10 Å². The molecule has 3 rings (SSSR count). The van der Waals surface area contributed by atoms with Crippen molar-refractivity contribution in [3.05, 3.63) is 47.7 Å². The van der Waals surface area contributed by atoms with E-state index in [9.17, 15) is 62.6 Å². The first-order chi connectivity index (χ1) is 49.2. The number of benzene rings is 1. The lowest BCUT2D eigenvalue weighted by Crippen LogP contribution is -2.64. The van der Waals surface area contributed by atoms with Gasteiger partial charge in [0.2, 0.25) is 70.9 Å². The molecule has 2 aliphatic heterocycles. The maximum absolute atomic E-state index is 15.0. The van der Waals surface area contributed by atoms with Crippen molar-refractivity contribution in [2.75, 3.05) is 13.1 Å². The highest BCUT2D eigenvalue weighted by Gasteiger charge is 2.44. The summed E-state index contributed by atoms with van der Waals surface area (Å²) in [6.07, 6.45) is 1.02. The third-order valence-electron chi connectivity index (χ3n) is 19.3. The zero-order valence-electron chi connectivity index (χ0n) is 65.2. The average molecular weight is 1480 g/mol. The second kappa shape index (κ2) is 43.8. The Bertz CT molecular complexity index is 3160. The van der Waals surface area contributed by atoms with Gasteiger partial charge in [0, 0.05) is 19.4 Å². The van der Waals surface area contributed by atoms with Crippen molar-refractivity contribution in [2.45, 2.75) is 280 Å². The number of ether oxygens (including phenoxy) is 1. The molecule has 1 aromatic rings. The lowest BCUT2D eigenvalue weighted by atomic mass is 9.95. The monoisotopic (exact) mass is 1480 g/mol. The first kappa shape index (κ1) is 90.7. The molecule has 590 valence electrons. The van der Waals surface area contributed by atoms with Gasteiger partial charge in [0.25, 0.3) is 5.91 Å². The molecular formula is C75H124N14O16. The van der Waals surface area contributed by atoms with E-state index in [1.807, 2.05) is 13.8 Å². The topological polar surface area (TPSA) is 442 Å². The van der Waals surface area contributed by atoms with Crippen LogP contribution in [0.1, 0.15) is 195 Å². The van der Waals surface area contributed by atoms with E-state index in [-0.39, 0.29) is 63.2 Å². The van der Waals surface area contributed by atoms with Gasteiger partial charge in [-0.15, -0.1) is 0 Å². The van der Waals surface area contributed by atoms with Gasteiger partial charge in [0.15, 0.2) is 0 Å². The molecule has 30 nitrogen and oxygen atoms in total. The summed E-state index contributed by atoms with van der Waals surface area (Å²) < 4.78 is 5.96. The number of aliphatic hydroxyl groups excluding tert-OH is 1. The fraction of sp³-hybridized carbons (Fsp3) is 0.707. The molecule has 15 N–H and O–H groups in total. The number of nitrogens with two attached hydrogens (primary N) is 1. The number of rotatable bonds is 33. The maximum atomic E-state index is 15.0. The van der Waals surface area contributed by atoms with Gasteiger partial charge in [-0.3, -0.25) is 62.3 Å². The van der Waals surface area contributed by atoms with E-state index >= 15 is 9.59 Å². The minimum Gasteiger partial charge on any atom is -0.458 e.